The van der Waals surface area contributed by atoms with Gasteiger partial charge in [-0.15, -0.1) is 0 Å². The van der Waals surface area contributed by atoms with E-state index < -0.39 is 0 Å². The van der Waals surface area contributed by atoms with Gasteiger partial charge in [-0.2, -0.15) is 0 Å². The number of amidine groups is 1. The van der Waals surface area contributed by atoms with Gasteiger partial charge in [0.05, 0.1) is 0 Å². The molecule has 1 atom stereocenters. The molecule has 0 aliphatic carbocycles. The molecule has 1 rings (SSSR count). The maximum atomic E-state index is 7.50. The van der Waals surface area contributed by atoms with Gasteiger partial charge >= 0.3 is 0 Å². The summed E-state index contributed by atoms with van der Waals surface area (Å²) >= 11 is 0. The lowest BCUT2D eigenvalue weighted by Crippen LogP contribution is -2.29. The maximum absolute atomic E-state index is 7.50. The number of hydrogen-bond acceptors (Lipinski definition) is 1. The van der Waals surface area contributed by atoms with Crippen LogP contribution >= 0.6 is 0 Å². The van der Waals surface area contributed by atoms with Gasteiger partial charge in [0.1, 0.15) is 5.84 Å². The molecule has 2 heteroatoms. The van der Waals surface area contributed by atoms with Crippen molar-refractivity contribution in [3.05, 3.63) is 12.3 Å². The molecule has 1 N–H and O–H groups in total. The fourth-order valence-electron chi connectivity index (χ4n) is 1.08. The molecule has 2 nitrogen and oxygen atoms in total. The Bertz CT molecular complexity index is 161. The zero-order chi connectivity index (χ0) is 7.56. The number of nitrogens with one attached hydrogen (secondary N) is 1. The summed E-state index contributed by atoms with van der Waals surface area (Å²) in [5.41, 5.74) is 0. The third-order valence-electron chi connectivity index (χ3n) is 1.95. The van der Waals surface area contributed by atoms with Crippen molar-refractivity contribution in [2.24, 2.45) is 0 Å². The molecule has 0 saturated carbocycles. The lowest BCUT2D eigenvalue weighted by atomic mass is 10.2. The lowest BCUT2D eigenvalue weighted by molar-refractivity contribution is 0.419. The molecule has 0 aromatic rings. The molecule has 0 fully saturated rings. The normalized spacial score (nSPS) is 20.2. The Labute approximate surface area is 62.0 Å². The second-order valence-corrected chi connectivity index (χ2v) is 2.70. The van der Waals surface area contributed by atoms with E-state index >= 15 is 0 Å². The number of nitrogens with zero attached hydrogens (tertiary/aromatic N) is 1. The summed E-state index contributed by atoms with van der Waals surface area (Å²) in [5.74, 6) is 0.731. The van der Waals surface area contributed by atoms with E-state index in [1.54, 1.807) is 0 Å². The maximum Gasteiger partial charge on any atom is 0.104 e. The highest BCUT2D eigenvalue weighted by atomic mass is 15.2. The van der Waals surface area contributed by atoms with E-state index in [2.05, 4.69) is 13.8 Å². The van der Waals surface area contributed by atoms with E-state index in [0.29, 0.717) is 6.04 Å². The minimum absolute atomic E-state index is 0.492. The minimum atomic E-state index is 0.492. The third kappa shape index (κ3) is 1.20. The second kappa shape index (κ2) is 2.86. The van der Waals surface area contributed by atoms with Crippen molar-refractivity contribution in [3.8, 4) is 0 Å². The molecule has 1 unspecified atom stereocenters. The number of hydrogen-bond donors (Lipinski definition) is 1. The molecule has 0 saturated heterocycles. The minimum Gasteiger partial charge on any atom is -0.334 e. The topological polar surface area (TPSA) is 27.1 Å². The lowest BCUT2D eigenvalue weighted by Gasteiger charge is -2.22. The second-order valence-electron chi connectivity index (χ2n) is 2.70. The summed E-state index contributed by atoms with van der Waals surface area (Å²) in [6, 6.07) is 0.492. The van der Waals surface area contributed by atoms with Gasteiger partial charge in [-0.05, 0) is 13.3 Å². The van der Waals surface area contributed by atoms with Crippen LogP contribution in [0, 0.1) is 5.41 Å². The third-order valence-corrected chi connectivity index (χ3v) is 1.95. The van der Waals surface area contributed by atoms with Crippen LogP contribution in [-0.4, -0.2) is 16.8 Å². The van der Waals surface area contributed by atoms with Gasteiger partial charge in [-0.25, -0.2) is 0 Å². The van der Waals surface area contributed by atoms with Crippen LogP contribution in [0.5, 0.6) is 0 Å². The molecular weight excluding hydrogens is 124 g/mol. The summed E-state index contributed by atoms with van der Waals surface area (Å²) < 4.78 is 0. The van der Waals surface area contributed by atoms with Gasteiger partial charge in [0.25, 0.3) is 0 Å². The quantitative estimate of drug-likeness (QED) is 0.620. The van der Waals surface area contributed by atoms with Crippen LogP contribution in [0.1, 0.15) is 26.7 Å². The van der Waals surface area contributed by atoms with Crippen LogP contribution in [0.25, 0.3) is 0 Å². The molecule has 1 aliphatic heterocycles. The highest BCUT2D eigenvalue weighted by Gasteiger charge is 2.15. The van der Waals surface area contributed by atoms with E-state index in [9.17, 15) is 0 Å². The van der Waals surface area contributed by atoms with Crippen LogP contribution in [0.2, 0.25) is 0 Å². The van der Waals surface area contributed by atoms with Crippen molar-refractivity contribution >= 4 is 5.84 Å². The number of rotatable bonds is 2. The van der Waals surface area contributed by atoms with Gasteiger partial charge in [-0.3, -0.25) is 5.41 Å². The predicted octanol–water partition coefficient (Wildman–Crippen LogP) is 1.98. The molecule has 0 amide bonds. The summed E-state index contributed by atoms with van der Waals surface area (Å²) in [6.07, 6.45) is 5.96. The first-order valence-electron chi connectivity index (χ1n) is 3.78. The van der Waals surface area contributed by atoms with Crippen LogP contribution in [0.4, 0.5) is 0 Å². The van der Waals surface area contributed by atoms with Crippen molar-refractivity contribution in [2.75, 3.05) is 0 Å². The molecule has 0 spiro atoms. The Morgan fingerprint density at radius 3 is 2.90 bits per heavy atom. The molecule has 0 radical (unpaired) electrons. The molecule has 1 aliphatic rings. The van der Waals surface area contributed by atoms with Crippen molar-refractivity contribution in [1.29, 1.82) is 5.41 Å². The largest absolute Gasteiger partial charge is 0.334 e. The fourth-order valence-corrected chi connectivity index (χ4v) is 1.08. The SMILES string of the molecule is CCC(C)N1C=CCC1=N. The molecule has 0 aromatic carbocycles. The van der Waals surface area contributed by atoms with Gasteiger partial charge in [-0.1, -0.05) is 13.0 Å². The van der Waals surface area contributed by atoms with Crippen LogP contribution in [-0.2, 0) is 0 Å². The molecule has 10 heavy (non-hydrogen) atoms. The zero-order valence-corrected chi connectivity index (χ0v) is 6.59. The van der Waals surface area contributed by atoms with Crippen molar-refractivity contribution < 1.29 is 0 Å². The van der Waals surface area contributed by atoms with Crippen LogP contribution in [0.15, 0.2) is 12.3 Å². The first kappa shape index (κ1) is 7.32. The Balaban J connectivity index is 2.54. The van der Waals surface area contributed by atoms with E-state index in [0.717, 1.165) is 18.7 Å². The van der Waals surface area contributed by atoms with Crippen molar-refractivity contribution in [3.63, 3.8) is 0 Å². The monoisotopic (exact) mass is 138 g/mol. The van der Waals surface area contributed by atoms with Crippen molar-refractivity contribution in [1.82, 2.24) is 4.90 Å². The summed E-state index contributed by atoms with van der Waals surface area (Å²) in [7, 11) is 0. The van der Waals surface area contributed by atoms with Gasteiger partial charge < -0.3 is 4.90 Å². The highest BCUT2D eigenvalue weighted by molar-refractivity contribution is 5.84. The predicted molar refractivity (Wildman–Crippen MR) is 43.1 cm³/mol. The first-order valence-corrected chi connectivity index (χ1v) is 3.78. The Morgan fingerprint density at radius 1 is 1.80 bits per heavy atom. The van der Waals surface area contributed by atoms with E-state index in [1.165, 1.54) is 0 Å². The van der Waals surface area contributed by atoms with Gasteiger partial charge in [0.15, 0.2) is 0 Å². The smallest absolute Gasteiger partial charge is 0.104 e. The van der Waals surface area contributed by atoms with E-state index in [4.69, 9.17) is 5.41 Å². The standard InChI is InChI=1S/C8H14N2/c1-3-7(2)10-6-4-5-8(10)9/h4,6-7,9H,3,5H2,1-2H3. The van der Waals surface area contributed by atoms with Crippen molar-refractivity contribution in [2.45, 2.75) is 32.7 Å². The summed E-state index contributed by atoms with van der Waals surface area (Å²) in [4.78, 5) is 2.03. The van der Waals surface area contributed by atoms with Crippen LogP contribution in [0.3, 0.4) is 0 Å². The zero-order valence-electron chi connectivity index (χ0n) is 6.59. The fraction of sp³-hybridized carbons (Fsp3) is 0.625. The molecular formula is C8H14N2. The van der Waals surface area contributed by atoms with Gasteiger partial charge in [0.2, 0.25) is 0 Å². The Kier molecular flexibility index (Phi) is 2.10. The highest BCUT2D eigenvalue weighted by Crippen LogP contribution is 2.12. The average molecular weight is 138 g/mol. The van der Waals surface area contributed by atoms with E-state index in [1.807, 2.05) is 17.2 Å². The average Bonchev–Trinajstić information content (AvgIpc) is 2.34. The molecule has 0 bridgehead atoms. The van der Waals surface area contributed by atoms with Crippen LogP contribution < -0.4 is 0 Å². The molecule has 56 valence electrons. The molecule has 0 aromatic heterocycles. The van der Waals surface area contributed by atoms with E-state index in [-0.39, 0.29) is 0 Å². The summed E-state index contributed by atoms with van der Waals surface area (Å²) in [5, 5.41) is 7.50. The molecule has 1 heterocycles. The van der Waals surface area contributed by atoms with Gasteiger partial charge in [0, 0.05) is 18.7 Å². The Hall–Kier alpha value is -0.790. The Morgan fingerprint density at radius 2 is 2.50 bits per heavy atom. The summed E-state index contributed by atoms with van der Waals surface area (Å²) in [6.45, 7) is 4.29. The first-order chi connectivity index (χ1) is 4.75.